The average molecular weight is 452 g/mol. The van der Waals surface area contributed by atoms with E-state index in [1.165, 1.54) is 37.2 Å². The third-order valence-corrected chi connectivity index (χ3v) is 9.08. The first-order chi connectivity index (χ1) is 14.5. The van der Waals surface area contributed by atoms with Gasteiger partial charge >= 0.3 is 0 Å². The first-order valence-electron chi connectivity index (χ1n) is 11.2. The van der Waals surface area contributed by atoms with Crippen molar-refractivity contribution in [3.8, 4) is 0 Å². The summed E-state index contributed by atoms with van der Waals surface area (Å²) in [6.45, 7) is 3.01. The van der Waals surface area contributed by atoms with Crippen LogP contribution in [0.25, 0.3) is 0 Å². The van der Waals surface area contributed by atoms with E-state index in [2.05, 4.69) is 14.9 Å². The van der Waals surface area contributed by atoms with Gasteiger partial charge in [0, 0.05) is 49.1 Å². The van der Waals surface area contributed by atoms with Crippen LogP contribution < -0.4 is 10.0 Å². The number of rotatable bonds is 9. The fourth-order valence-electron chi connectivity index (χ4n) is 4.61. The van der Waals surface area contributed by atoms with Crippen LogP contribution in [-0.2, 0) is 21.2 Å². The summed E-state index contributed by atoms with van der Waals surface area (Å²) in [4.78, 5) is 15.4. The standard InChI is InChI=1S/C22H33N3O3S2/c26-21(23-17-22(11-1-2-12-22)25-13-15-29-16-14-25)10-5-18-3-8-20(9-4-18)30(27,28)24-19-6-7-19/h3-4,8-9,19,24H,1-2,5-7,10-17H2,(H,23,26). The van der Waals surface area contributed by atoms with Crippen molar-refractivity contribution in [1.29, 1.82) is 0 Å². The summed E-state index contributed by atoms with van der Waals surface area (Å²) < 4.78 is 27.2. The molecular formula is C22H33N3O3S2. The van der Waals surface area contributed by atoms with E-state index in [1.54, 1.807) is 12.1 Å². The average Bonchev–Trinajstić information content (AvgIpc) is 3.43. The smallest absolute Gasteiger partial charge is 0.240 e. The first-order valence-corrected chi connectivity index (χ1v) is 13.8. The summed E-state index contributed by atoms with van der Waals surface area (Å²) in [5.41, 5.74) is 1.14. The summed E-state index contributed by atoms with van der Waals surface area (Å²) in [7, 11) is -3.42. The molecule has 2 N–H and O–H groups in total. The highest BCUT2D eigenvalue weighted by molar-refractivity contribution is 7.99. The number of hydrogen-bond acceptors (Lipinski definition) is 5. The van der Waals surface area contributed by atoms with Gasteiger partial charge in [0.1, 0.15) is 0 Å². The number of hydrogen-bond donors (Lipinski definition) is 2. The number of thioether (sulfide) groups is 1. The summed E-state index contributed by atoms with van der Waals surface area (Å²) in [6, 6.07) is 7.02. The Kier molecular flexibility index (Phi) is 7.07. The maximum Gasteiger partial charge on any atom is 0.240 e. The van der Waals surface area contributed by atoms with E-state index in [1.807, 2.05) is 23.9 Å². The maximum atomic E-state index is 12.5. The Hall–Kier alpha value is -1.09. The number of sulfonamides is 1. The molecule has 8 heteroatoms. The lowest BCUT2D eigenvalue weighted by atomic mass is 9.94. The van der Waals surface area contributed by atoms with Crippen molar-refractivity contribution in [2.75, 3.05) is 31.1 Å². The molecule has 166 valence electrons. The fraction of sp³-hybridized carbons (Fsp3) is 0.682. The van der Waals surface area contributed by atoms with Gasteiger partial charge in [0.2, 0.25) is 15.9 Å². The minimum Gasteiger partial charge on any atom is -0.354 e. The van der Waals surface area contributed by atoms with Gasteiger partial charge in [-0.3, -0.25) is 9.69 Å². The molecule has 0 spiro atoms. The van der Waals surface area contributed by atoms with Gasteiger partial charge in [-0.25, -0.2) is 13.1 Å². The van der Waals surface area contributed by atoms with E-state index in [0.29, 0.717) is 17.7 Å². The zero-order chi connectivity index (χ0) is 21.0. The molecule has 1 saturated heterocycles. The molecule has 1 aliphatic heterocycles. The van der Waals surface area contributed by atoms with E-state index < -0.39 is 10.0 Å². The van der Waals surface area contributed by atoms with E-state index in [0.717, 1.165) is 38.0 Å². The molecule has 0 atom stereocenters. The molecular weight excluding hydrogens is 418 g/mol. The minimum absolute atomic E-state index is 0.0831. The molecule has 6 nitrogen and oxygen atoms in total. The monoisotopic (exact) mass is 451 g/mol. The quantitative estimate of drug-likeness (QED) is 0.603. The summed E-state index contributed by atoms with van der Waals surface area (Å²) >= 11 is 2.02. The largest absolute Gasteiger partial charge is 0.354 e. The molecule has 1 aromatic rings. The van der Waals surface area contributed by atoms with Crippen molar-refractivity contribution < 1.29 is 13.2 Å². The zero-order valence-electron chi connectivity index (χ0n) is 17.6. The molecule has 4 rings (SSSR count). The second-order valence-corrected chi connectivity index (χ2v) is 11.8. The van der Waals surface area contributed by atoms with Crippen LogP contribution in [0.4, 0.5) is 0 Å². The summed E-state index contributed by atoms with van der Waals surface area (Å²) in [5.74, 6) is 2.47. The van der Waals surface area contributed by atoms with Gasteiger partial charge in [0.05, 0.1) is 4.90 Å². The molecule has 3 fully saturated rings. The lowest BCUT2D eigenvalue weighted by molar-refractivity contribution is -0.121. The van der Waals surface area contributed by atoms with E-state index in [-0.39, 0.29) is 17.5 Å². The predicted molar refractivity (Wildman–Crippen MR) is 121 cm³/mol. The number of benzene rings is 1. The fourth-order valence-corrected chi connectivity index (χ4v) is 6.82. The SMILES string of the molecule is O=C(CCc1ccc(S(=O)(=O)NC2CC2)cc1)NCC1(N2CCSCC2)CCCC1. The Bertz CT molecular complexity index is 826. The lowest BCUT2D eigenvalue weighted by Crippen LogP contribution is -2.56. The molecule has 2 saturated carbocycles. The van der Waals surface area contributed by atoms with Crippen LogP contribution in [0.15, 0.2) is 29.2 Å². The van der Waals surface area contributed by atoms with Crippen LogP contribution in [0.1, 0.15) is 50.5 Å². The number of carbonyl (C=O) groups excluding carboxylic acids is 1. The molecule has 0 aromatic heterocycles. The normalized spacial score (nSPS) is 22.1. The van der Waals surface area contributed by atoms with Gasteiger partial charge < -0.3 is 5.32 Å². The molecule has 0 bridgehead atoms. The molecule has 2 aliphatic carbocycles. The molecule has 30 heavy (non-hydrogen) atoms. The number of amides is 1. The van der Waals surface area contributed by atoms with Gasteiger partial charge in [-0.05, 0) is 49.8 Å². The first kappa shape index (κ1) is 22.1. The van der Waals surface area contributed by atoms with Crippen LogP contribution in [-0.4, -0.2) is 61.9 Å². The number of carbonyl (C=O) groups is 1. The van der Waals surface area contributed by atoms with E-state index in [9.17, 15) is 13.2 Å². The third-order valence-electron chi connectivity index (χ3n) is 6.60. The van der Waals surface area contributed by atoms with Crippen molar-refractivity contribution in [1.82, 2.24) is 14.9 Å². The van der Waals surface area contributed by atoms with Crippen LogP contribution in [0, 0.1) is 0 Å². The Morgan fingerprint density at radius 3 is 2.40 bits per heavy atom. The summed E-state index contributed by atoms with van der Waals surface area (Å²) in [5, 5.41) is 3.20. The second kappa shape index (κ2) is 9.59. The number of aryl methyl sites for hydroxylation is 1. The topological polar surface area (TPSA) is 78.5 Å². The molecule has 0 radical (unpaired) electrons. The number of nitrogens with one attached hydrogen (secondary N) is 2. The highest BCUT2D eigenvalue weighted by Crippen LogP contribution is 2.36. The van der Waals surface area contributed by atoms with Gasteiger partial charge in [-0.1, -0.05) is 25.0 Å². The van der Waals surface area contributed by atoms with Crippen molar-refractivity contribution >= 4 is 27.7 Å². The predicted octanol–water partition coefficient (Wildman–Crippen LogP) is 2.54. The zero-order valence-corrected chi connectivity index (χ0v) is 19.2. The highest BCUT2D eigenvalue weighted by Gasteiger charge is 2.40. The van der Waals surface area contributed by atoms with Crippen molar-refractivity contribution in [2.24, 2.45) is 0 Å². The lowest BCUT2D eigenvalue weighted by Gasteiger charge is -2.43. The maximum absolute atomic E-state index is 12.5. The van der Waals surface area contributed by atoms with Gasteiger partial charge in [-0.15, -0.1) is 0 Å². The van der Waals surface area contributed by atoms with Crippen LogP contribution in [0.5, 0.6) is 0 Å². The number of nitrogens with zero attached hydrogens (tertiary/aromatic N) is 1. The third kappa shape index (κ3) is 5.58. The van der Waals surface area contributed by atoms with Crippen molar-refractivity contribution in [3.63, 3.8) is 0 Å². The van der Waals surface area contributed by atoms with Gasteiger partial charge in [0.25, 0.3) is 0 Å². The Morgan fingerprint density at radius 2 is 1.77 bits per heavy atom. The Balaban J connectivity index is 1.26. The van der Waals surface area contributed by atoms with Gasteiger partial charge in [0.15, 0.2) is 0 Å². The molecule has 1 aromatic carbocycles. The minimum atomic E-state index is -3.42. The Labute approximate surface area is 184 Å². The van der Waals surface area contributed by atoms with Crippen LogP contribution >= 0.6 is 11.8 Å². The Morgan fingerprint density at radius 1 is 1.10 bits per heavy atom. The van der Waals surface area contributed by atoms with Crippen LogP contribution in [0.2, 0.25) is 0 Å². The molecule has 1 heterocycles. The van der Waals surface area contributed by atoms with E-state index >= 15 is 0 Å². The van der Waals surface area contributed by atoms with Crippen molar-refractivity contribution in [2.45, 2.75) is 67.8 Å². The molecule has 0 unspecified atom stereocenters. The van der Waals surface area contributed by atoms with Gasteiger partial charge in [-0.2, -0.15) is 11.8 Å². The van der Waals surface area contributed by atoms with Crippen molar-refractivity contribution in [3.05, 3.63) is 29.8 Å². The van der Waals surface area contributed by atoms with Crippen LogP contribution in [0.3, 0.4) is 0 Å². The highest BCUT2D eigenvalue weighted by atomic mass is 32.2. The second-order valence-electron chi connectivity index (χ2n) is 8.85. The molecule has 1 amide bonds. The molecule has 3 aliphatic rings. The van der Waals surface area contributed by atoms with E-state index in [4.69, 9.17) is 0 Å². The summed E-state index contributed by atoms with van der Waals surface area (Å²) in [6.07, 6.45) is 7.77.